The van der Waals surface area contributed by atoms with Gasteiger partial charge in [-0.15, -0.1) is 0 Å². The van der Waals surface area contributed by atoms with Gasteiger partial charge in [-0.25, -0.2) is 13.2 Å². The number of carbonyl (C=O) groups excluding carboxylic acids is 1. The van der Waals surface area contributed by atoms with Crippen molar-refractivity contribution in [2.24, 2.45) is 0 Å². The fraction of sp³-hybridized carbons (Fsp3) is 0.259. The molecule has 3 rings (SSSR count). The van der Waals surface area contributed by atoms with Gasteiger partial charge in [0.15, 0.2) is 0 Å². The number of unbranched alkanes of at least 4 members (excludes halogenated alkanes) is 1. The maximum atomic E-state index is 13.4. The monoisotopic (exact) mass is 543 g/mol. The number of aryl methyl sites for hydroxylation is 1. The van der Waals surface area contributed by atoms with E-state index >= 15 is 0 Å². The van der Waals surface area contributed by atoms with E-state index in [9.17, 15) is 22.4 Å². The minimum absolute atomic E-state index is 0.00609. The van der Waals surface area contributed by atoms with E-state index in [2.05, 4.69) is 14.8 Å². The van der Waals surface area contributed by atoms with Crippen LogP contribution in [0, 0.1) is 0 Å². The number of carboxylic acid groups (broad SMARTS) is 1. The molecular formula is C27H30FN3O6S. The van der Waals surface area contributed by atoms with E-state index in [-0.39, 0.29) is 22.8 Å². The van der Waals surface area contributed by atoms with Crippen molar-refractivity contribution in [1.82, 2.24) is 10.0 Å². The summed E-state index contributed by atoms with van der Waals surface area (Å²) in [7, 11) is -4.02. The number of alkyl halides is 1. The summed E-state index contributed by atoms with van der Waals surface area (Å²) in [6.45, 7) is 0.358. The second kappa shape index (κ2) is 13.5. The molecule has 11 heteroatoms. The second-order valence-corrected chi connectivity index (χ2v) is 10.3. The Morgan fingerprint density at radius 2 is 1.61 bits per heavy atom. The van der Waals surface area contributed by atoms with Crippen LogP contribution >= 0.6 is 0 Å². The predicted molar refractivity (Wildman–Crippen MR) is 141 cm³/mol. The Morgan fingerprint density at radius 1 is 0.947 bits per heavy atom. The van der Waals surface area contributed by atoms with Crippen LogP contribution in [-0.4, -0.2) is 44.3 Å². The molecule has 3 aromatic carbocycles. The van der Waals surface area contributed by atoms with Crippen molar-refractivity contribution in [3.63, 3.8) is 0 Å². The molecule has 0 aliphatic carbocycles. The van der Waals surface area contributed by atoms with Crippen molar-refractivity contribution in [1.29, 1.82) is 0 Å². The molecule has 5 N–H and O–H groups in total. The molecule has 202 valence electrons. The normalized spacial score (nSPS) is 12.9. The molecule has 3 aromatic rings. The van der Waals surface area contributed by atoms with E-state index in [1.807, 2.05) is 30.3 Å². The standard InChI is InChI=1S/C27H30FN3O6S/c28-25(27(33)34)37-24-15-14-20(17-22(24)29)18-23(31-38(35,36)21-12-5-2-6-13-21)26(32)30-16-8-7-11-19-9-3-1-4-10-19/h1-6,9-10,12-15,17,23,25,31H,7-8,11,16,18,29H2,(H,30,32)(H,33,34)/t23-,25?/m1/s1. The summed E-state index contributed by atoms with van der Waals surface area (Å²) in [5, 5.41) is 11.5. The number of amides is 1. The van der Waals surface area contributed by atoms with Crippen LogP contribution in [0.4, 0.5) is 10.1 Å². The Labute approximate surface area is 220 Å². The zero-order chi connectivity index (χ0) is 27.5. The molecule has 0 aliphatic heterocycles. The van der Waals surface area contributed by atoms with Crippen LogP contribution < -0.4 is 20.5 Å². The highest BCUT2D eigenvalue weighted by molar-refractivity contribution is 7.89. The van der Waals surface area contributed by atoms with Gasteiger partial charge in [0, 0.05) is 6.54 Å². The third-order valence-electron chi connectivity index (χ3n) is 5.64. The van der Waals surface area contributed by atoms with Crippen LogP contribution in [0.1, 0.15) is 24.0 Å². The number of rotatable bonds is 14. The van der Waals surface area contributed by atoms with Gasteiger partial charge in [0.1, 0.15) is 11.8 Å². The van der Waals surface area contributed by atoms with Gasteiger partial charge in [-0.1, -0.05) is 54.6 Å². The van der Waals surface area contributed by atoms with Crippen molar-refractivity contribution in [2.75, 3.05) is 12.3 Å². The fourth-order valence-electron chi connectivity index (χ4n) is 3.71. The topological polar surface area (TPSA) is 148 Å². The van der Waals surface area contributed by atoms with E-state index in [4.69, 9.17) is 10.8 Å². The number of benzene rings is 3. The summed E-state index contributed by atoms with van der Waals surface area (Å²) in [5.74, 6) is -2.50. The molecule has 0 aromatic heterocycles. The van der Waals surface area contributed by atoms with Gasteiger partial charge in [-0.3, -0.25) is 4.79 Å². The molecule has 1 unspecified atom stereocenters. The van der Waals surface area contributed by atoms with Crippen molar-refractivity contribution >= 4 is 27.6 Å². The van der Waals surface area contributed by atoms with Crippen LogP contribution in [0.2, 0.25) is 0 Å². The number of anilines is 1. The average Bonchev–Trinajstić information content (AvgIpc) is 2.90. The first-order valence-electron chi connectivity index (χ1n) is 12.0. The minimum Gasteiger partial charge on any atom is -0.476 e. The summed E-state index contributed by atoms with van der Waals surface area (Å²) in [5.41, 5.74) is 7.47. The predicted octanol–water partition coefficient (Wildman–Crippen LogP) is 3.06. The summed E-state index contributed by atoms with van der Waals surface area (Å²) < 4.78 is 46.4. The zero-order valence-corrected chi connectivity index (χ0v) is 21.4. The van der Waals surface area contributed by atoms with Crippen LogP contribution in [0.15, 0.2) is 83.8 Å². The lowest BCUT2D eigenvalue weighted by molar-refractivity contribution is -0.153. The summed E-state index contributed by atoms with van der Waals surface area (Å²) >= 11 is 0. The van der Waals surface area contributed by atoms with Crippen molar-refractivity contribution in [2.45, 2.75) is 43.0 Å². The number of carbonyl (C=O) groups is 2. The number of carboxylic acids is 1. The number of nitrogens with two attached hydrogens (primary N) is 1. The number of sulfonamides is 1. The van der Waals surface area contributed by atoms with Gasteiger partial charge in [0.2, 0.25) is 15.9 Å². The average molecular weight is 544 g/mol. The molecule has 0 fully saturated rings. The highest BCUT2D eigenvalue weighted by atomic mass is 32.2. The molecule has 1 amide bonds. The summed E-state index contributed by atoms with van der Waals surface area (Å²) in [6, 6.07) is 20.5. The number of hydrogen-bond acceptors (Lipinski definition) is 6. The second-order valence-electron chi connectivity index (χ2n) is 8.57. The van der Waals surface area contributed by atoms with E-state index < -0.39 is 34.3 Å². The summed E-state index contributed by atoms with van der Waals surface area (Å²) in [4.78, 5) is 23.8. The number of halogens is 1. The summed E-state index contributed by atoms with van der Waals surface area (Å²) in [6.07, 6.45) is -0.262. The molecule has 9 nitrogen and oxygen atoms in total. The van der Waals surface area contributed by atoms with E-state index in [0.29, 0.717) is 18.5 Å². The van der Waals surface area contributed by atoms with Crippen molar-refractivity contribution < 1.29 is 32.2 Å². The molecule has 0 radical (unpaired) electrons. The Hall–Kier alpha value is -3.96. The molecule has 0 spiro atoms. The molecule has 0 aliphatic rings. The number of aliphatic carboxylic acids is 1. The third-order valence-corrected chi connectivity index (χ3v) is 7.13. The Bertz CT molecular complexity index is 1320. The van der Waals surface area contributed by atoms with Crippen LogP contribution in [0.5, 0.6) is 5.75 Å². The van der Waals surface area contributed by atoms with Gasteiger partial charge in [-0.2, -0.15) is 9.11 Å². The zero-order valence-electron chi connectivity index (χ0n) is 20.5. The minimum atomic E-state index is -4.02. The van der Waals surface area contributed by atoms with Gasteiger partial charge in [-0.05, 0) is 61.1 Å². The number of hydrogen-bond donors (Lipinski definition) is 4. The van der Waals surface area contributed by atoms with E-state index in [0.717, 1.165) is 12.8 Å². The van der Waals surface area contributed by atoms with Gasteiger partial charge < -0.3 is 20.9 Å². The maximum Gasteiger partial charge on any atom is 0.378 e. The smallest absolute Gasteiger partial charge is 0.378 e. The Morgan fingerprint density at radius 3 is 2.24 bits per heavy atom. The third kappa shape index (κ3) is 8.56. The van der Waals surface area contributed by atoms with E-state index in [1.54, 1.807) is 18.2 Å². The lowest BCUT2D eigenvalue weighted by atomic mass is 10.0. The van der Waals surface area contributed by atoms with Gasteiger partial charge in [0.05, 0.1) is 10.6 Å². The van der Waals surface area contributed by atoms with Crippen LogP contribution in [0.3, 0.4) is 0 Å². The van der Waals surface area contributed by atoms with Gasteiger partial charge in [0.25, 0.3) is 0 Å². The number of ether oxygens (including phenoxy) is 1. The molecule has 0 bridgehead atoms. The van der Waals surface area contributed by atoms with Crippen molar-refractivity contribution in [3.05, 3.63) is 90.0 Å². The lowest BCUT2D eigenvalue weighted by Gasteiger charge is -2.19. The van der Waals surface area contributed by atoms with E-state index in [1.165, 1.54) is 35.9 Å². The largest absolute Gasteiger partial charge is 0.476 e. The Balaban J connectivity index is 1.69. The number of nitrogen functional groups attached to an aromatic ring is 1. The molecular weight excluding hydrogens is 513 g/mol. The van der Waals surface area contributed by atoms with Crippen molar-refractivity contribution in [3.8, 4) is 5.75 Å². The molecule has 0 heterocycles. The maximum absolute atomic E-state index is 13.4. The SMILES string of the molecule is Nc1cc(C[C@@H](NS(=O)(=O)c2ccccc2)C(=O)NCCCCc2ccccc2)ccc1OC(F)C(=O)O. The van der Waals surface area contributed by atoms with Gasteiger partial charge >= 0.3 is 12.3 Å². The fourth-order valence-corrected chi connectivity index (χ4v) is 4.92. The first-order chi connectivity index (χ1) is 18.2. The Kier molecular flexibility index (Phi) is 10.2. The number of nitrogens with one attached hydrogen (secondary N) is 2. The quantitative estimate of drug-likeness (QED) is 0.180. The molecule has 0 saturated heterocycles. The molecule has 38 heavy (non-hydrogen) atoms. The molecule has 2 atom stereocenters. The highest BCUT2D eigenvalue weighted by Gasteiger charge is 2.26. The lowest BCUT2D eigenvalue weighted by Crippen LogP contribution is -2.48. The first kappa shape index (κ1) is 28.6. The first-order valence-corrected chi connectivity index (χ1v) is 13.4. The molecule has 0 saturated carbocycles. The highest BCUT2D eigenvalue weighted by Crippen LogP contribution is 2.25. The van der Waals surface area contributed by atoms with Crippen LogP contribution in [0.25, 0.3) is 0 Å². The van der Waals surface area contributed by atoms with Crippen LogP contribution in [-0.2, 0) is 32.5 Å².